The van der Waals surface area contributed by atoms with Gasteiger partial charge in [-0.25, -0.2) is 4.39 Å². The maximum Gasteiger partial charge on any atom is 0.125 e. The first-order valence-corrected chi connectivity index (χ1v) is 4.97. The quantitative estimate of drug-likeness (QED) is 0.681. The SMILES string of the molecule is [CH]c1nc2cc(F)ccc2c(I)c1[CH]. The number of benzene rings is 1. The lowest BCUT2D eigenvalue weighted by Gasteiger charge is -2.06. The second kappa shape index (κ2) is 3.46. The van der Waals surface area contributed by atoms with Gasteiger partial charge in [0.1, 0.15) is 5.82 Å². The predicted octanol–water partition coefficient (Wildman–Crippen LogP) is 3.10. The summed E-state index contributed by atoms with van der Waals surface area (Å²) < 4.78 is 13.7. The highest BCUT2D eigenvalue weighted by molar-refractivity contribution is 14.1. The van der Waals surface area contributed by atoms with Crippen molar-refractivity contribution in [3.05, 3.63) is 52.7 Å². The fraction of sp³-hybridized carbons (Fsp3) is 0. The summed E-state index contributed by atoms with van der Waals surface area (Å²) in [6.07, 6.45) is 0. The fourth-order valence-corrected chi connectivity index (χ4v) is 1.96. The summed E-state index contributed by atoms with van der Waals surface area (Å²) in [7, 11) is 0. The Morgan fingerprint density at radius 3 is 2.71 bits per heavy atom. The van der Waals surface area contributed by atoms with Crippen molar-refractivity contribution in [3.8, 4) is 0 Å². The van der Waals surface area contributed by atoms with E-state index in [4.69, 9.17) is 13.8 Å². The van der Waals surface area contributed by atoms with Gasteiger partial charge in [0.15, 0.2) is 0 Å². The summed E-state index contributed by atoms with van der Waals surface area (Å²) in [6.45, 7) is 11.3. The first-order valence-electron chi connectivity index (χ1n) is 3.89. The molecule has 0 aliphatic rings. The number of rotatable bonds is 0. The van der Waals surface area contributed by atoms with E-state index in [2.05, 4.69) is 27.6 Å². The van der Waals surface area contributed by atoms with Gasteiger partial charge in [-0.05, 0) is 40.3 Å². The van der Waals surface area contributed by atoms with Gasteiger partial charge in [-0.2, -0.15) is 0 Å². The summed E-state index contributed by atoms with van der Waals surface area (Å²) in [5.41, 5.74) is 1.22. The van der Waals surface area contributed by atoms with Gasteiger partial charge < -0.3 is 0 Å². The van der Waals surface area contributed by atoms with Gasteiger partial charge in [0.25, 0.3) is 0 Å². The lowest BCUT2D eigenvalue weighted by molar-refractivity contribution is 0.629. The number of pyridine rings is 1. The Morgan fingerprint density at radius 1 is 1.29 bits per heavy atom. The molecular weight excluding hydrogens is 292 g/mol. The monoisotopic (exact) mass is 297 g/mol. The molecule has 0 unspecified atom stereocenters. The van der Waals surface area contributed by atoms with Crippen molar-refractivity contribution in [2.24, 2.45) is 0 Å². The van der Waals surface area contributed by atoms with Crippen LogP contribution in [0.25, 0.3) is 10.9 Å². The van der Waals surface area contributed by atoms with Gasteiger partial charge in [-0.1, -0.05) is 0 Å². The van der Waals surface area contributed by atoms with Crippen LogP contribution in [-0.4, -0.2) is 4.98 Å². The highest BCUT2D eigenvalue weighted by atomic mass is 127. The zero-order chi connectivity index (χ0) is 10.3. The average Bonchev–Trinajstić information content (AvgIpc) is 2.14. The van der Waals surface area contributed by atoms with Crippen LogP contribution >= 0.6 is 22.6 Å². The van der Waals surface area contributed by atoms with Crippen molar-refractivity contribution < 1.29 is 4.39 Å². The Labute approximate surface area is 95.5 Å². The van der Waals surface area contributed by atoms with Crippen molar-refractivity contribution in [3.63, 3.8) is 0 Å². The van der Waals surface area contributed by atoms with Gasteiger partial charge >= 0.3 is 0 Å². The average molecular weight is 297 g/mol. The Morgan fingerprint density at radius 2 is 2.00 bits per heavy atom. The molecule has 0 aliphatic carbocycles. The van der Waals surface area contributed by atoms with Gasteiger partial charge in [0, 0.05) is 28.9 Å². The molecule has 14 heavy (non-hydrogen) atoms. The molecule has 4 radical (unpaired) electrons. The van der Waals surface area contributed by atoms with Crippen molar-refractivity contribution in [2.45, 2.75) is 0 Å². The van der Waals surface area contributed by atoms with Crippen LogP contribution in [0.3, 0.4) is 0 Å². The molecule has 1 nitrogen and oxygen atoms in total. The van der Waals surface area contributed by atoms with Crippen LogP contribution in [0, 0.1) is 23.2 Å². The standard InChI is InChI=1S/C11H5FIN/c1-6-7(2)14-10-5-8(12)3-4-9(10)11(6)13/h1-5H. The lowest BCUT2D eigenvalue weighted by Crippen LogP contribution is -1.93. The number of nitrogens with zero attached hydrogens (tertiary/aromatic N) is 1. The van der Waals surface area contributed by atoms with E-state index in [0.29, 0.717) is 11.1 Å². The van der Waals surface area contributed by atoms with Crippen LogP contribution in [0.4, 0.5) is 4.39 Å². The maximum atomic E-state index is 12.9. The minimum atomic E-state index is -0.329. The van der Waals surface area contributed by atoms with E-state index >= 15 is 0 Å². The molecule has 1 aromatic carbocycles. The molecule has 0 aliphatic heterocycles. The van der Waals surface area contributed by atoms with Crippen molar-refractivity contribution >= 4 is 33.5 Å². The van der Waals surface area contributed by atoms with E-state index in [1.165, 1.54) is 12.1 Å². The zero-order valence-corrected chi connectivity index (χ0v) is 9.25. The largest absolute Gasteiger partial charge is 0.252 e. The predicted molar refractivity (Wildman–Crippen MR) is 61.2 cm³/mol. The summed E-state index contributed by atoms with van der Waals surface area (Å²) in [4.78, 5) is 4.00. The van der Waals surface area contributed by atoms with E-state index in [1.807, 2.05) is 0 Å². The summed E-state index contributed by atoms with van der Waals surface area (Å²) >= 11 is 2.07. The van der Waals surface area contributed by atoms with Gasteiger partial charge in [0.05, 0.1) is 11.2 Å². The minimum Gasteiger partial charge on any atom is -0.252 e. The van der Waals surface area contributed by atoms with Crippen LogP contribution in [0.1, 0.15) is 11.3 Å². The van der Waals surface area contributed by atoms with Gasteiger partial charge in [0.2, 0.25) is 0 Å². The van der Waals surface area contributed by atoms with E-state index in [-0.39, 0.29) is 11.5 Å². The van der Waals surface area contributed by atoms with Crippen LogP contribution in [0.2, 0.25) is 0 Å². The van der Waals surface area contributed by atoms with Crippen molar-refractivity contribution in [1.82, 2.24) is 4.98 Å². The smallest absolute Gasteiger partial charge is 0.125 e. The normalized spacial score (nSPS) is 10.9. The molecule has 0 N–H and O–H groups in total. The molecule has 0 fully saturated rings. The summed E-state index contributed by atoms with van der Waals surface area (Å²) in [5.74, 6) is -0.329. The second-order valence-electron chi connectivity index (χ2n) is 2.89. The van der Waals surface area contributed by atoms with Gasteiger partial charge in [-0.15, -0.1) is 0 Å². The Bertz CT molecular complexity index is 508. The number of fused-ring (bicyclic) bond motifs is 1. The first kappa shape index (κ1) is 9.83. The number of hydrogen-bond donors (Lipinski definition) is 0. The lowest BCUT2D eigenvalue weighted by atomic mass is 10.1. The molecular formula is C11H5FIN. The maximum absolute atomic E-state index is 12.9. The number of hydrogen-bond acceptors (Lipinski definition) is 1. The third-order valence-corrected chi connectivity index (χ3v) is 3.11. The highest BCUT2D eigenvalue weighted by Gasteiger charge is 2.07. The molecule has 0 bridgehead atoms. The topological polar surface area (TPSA) is 12.9 Å². The highest BCUT2D eigenvalue weighted by Crippen LogP contribution is 2.24. The molecule has 1 heterocycles. The Kier molecular flexibility index (Phi) is 2.43. The summed E-state index contributed by atoms with van der Waals surface area (Å²) in [5, 5.41) is 0.818. The zero-order valence-electron chi connectivity index (χ0n) is 7.09. The second-order valence-corrected chi connectivity index (χ2v) is 3.96. The molecule has 68 valence electrons. The van der Waals surface area contributed by atoms with E-state index < -0.39 is 0 Å². The van der Waals surface area contributed by atoms with Crippen LogP contribution in [0.5, 0.6) is 0 Å². The van der Waals surface area contributed by atoms with E-state index in [0.717, 1.165) is 8.96 Å². The molecule has 0 spiro atoms. The third kappa shape index (κ3) is 1.49. The van der Waals surface area contributed by atoms with Gasteiger partial charge in [-0.3, -0.25) is 4.98 Å². The van der Waals surface area contributed by atoms with Crippen LogP contribution < -0.4 is 0 Å². The van der Waals surface area contributed by atoms with E-state index in [9.17, 15) is 4.39 Å². The van der Waals surface area contributed by atoms with Crippen molar-refractivity contribution in [2.75, 3.05) is 0 Å². The fourth-order valence-electron chi connectivity index (χ4n) is 1.23. The molecule has 0 saturated heterocycles. The molecule has 1 aromatic heterocycles. The Hall–Kier alpha value is -0.710. The molecule has 2 rings (SSSR count). The molecule has 2 aromatic rings. The third-order valence-electron chi connectivity index (χ3n) is 1.95. The number of aromatic nitrogens is 1. The van der Waals surface area contributed by atoms with Crippen LogP contribution in [0.15, 0.2) is 18.2 Å². The number of halogens is 2. The molecule has 3 heteroatoms. The van der Waals surface area contributed by atoms with Crippen LogP contribution in [-0.2, 0) is 0 Å². The van der Waals surface area contributed by atoms with Crippen molar-refractivity contribution in [1.29, 1.82) is 0 Å². The summed E-state index contributed by atoms with van der Waals surface area (Å²) in [6, 6.07) is 4.37. The molecule has 0 amide bonds. The molecule has 0 atom stereocenters. The minimum absolute atomic E-state index is 0.243. The molecule has 0 saturated carbocycles. The van der Waals surface area contributed by atoms with E-state index in [1.54, 1.807) is 6.07 Å². The Balaban J connectivity index is 2.91. The first-order chi connectivity index (χ1) is 6.59.